The average molecular weight is 332 g/mol. The van der Waals surface area contributed by atoms with Crippen LogP contribution >= 0.6 is 0 Å². The van der Waals surface area contributed by atoms with Crippen LogP contribution in [0.15, 0.2) is 61.1 Å². The van der Waals surface area contributed by atoms with Crippen LogP contribution in [-0.4, -0.2) is 16.0 Å². The highest BCUT2D eigenvalue weighted by Crippen LogP contribution is 2.17. The summed E-state index contributed by atoms with van der Waals surface area (Å²) in [6.45, 7) is 4.50. The Morgan fingerprint density at radius 2 is 1.76 bits per heavy atom. The van der Waals surface area contributed by atoms with E-state index >= 15 is 0 Å². The first-order valence-electron chi connectivity index (χ1n) is 8.09. The van der Waals surface area contributed by atoms with E-state index in [2.05, 4.69) is 20.6 Å². The molecule has 2 N–H and O–H groups in total. The van der Waals surface area contributed by atoms with E-state index in [1.54, 1.807) is 18.6 Å². The second-order valence-corrected chi connectivity index (χ2v) is 5.89. The third-order valence-corrected chi connectivity index (χ3v) is 4.02. The Balaban J connectivity index is 1.61. The summed E-state index contributed by atoms with van der Waals surface area (Å²) in [6.07, 6.45) is 5.21. The Kier molecular flexibility index (Phi) is 5.04. The van der Waals surface area contributed by atoms with Crippen LogP contribution in [0.25, 0.3) is 11.3 Å². The van der Waals surface area contributed by atoms with Crippen molar-refractivity contribution in [3.05, 3.63) is 77.7 Å². The van der Waals surface area contributed by atoms with Gasteiger partial charge in [-0.25, -0.2) is 4.79 Å². The largest absolute Gasteiger partial charge is 0.334 e. The number of rotatable bonds is 4. The van der Waals surface area contributed by atoms with Crippen LogP contribution in [-0.2, 0) is 6.54 Å². The average Bonchev–Trinajstić information content (AvgIpc) is 2.64. The number of carbonyl (C=O) groups is 1. The molecular weight excluding hydrogens is 312 g/mol. The predicted molar refractivity (Wildman–Crippen MR) is 99.2 cm³/mol. The zero-order valence-corrected chi connectivity index (χ0v) is 14.3. The topological polar surface area (TPSA) is 66.9 Å². The molecule has 0 atom stereocenters. The minimum absolute atomic E-state index is 0.231. The molecule has 0 bridgehead atoms. The number of anilines is 1. The van der Waals surface area contributed by atoms with Crippen molar-refractivity contribution in [2.45, 2.75) is 20.4 Å². The van der Waals surface area contributed by atoms with E-state index in [9.17, 15) is 4.79 Å². The molecule has 0 radical (unpaired) electrons. The summed E-state index contributed by atoms with van der Waals surface area (Å²) in [4.78, 5) is 20.5. The van der Waals surface area contributed by atoms with Gasteiger partial charge in [-0.1, -0.05) is 6.07 Å². The summed E-state index contributed by atoms with van der Waals surface area (Å²) in [6, 6.07) is 13.3. The van der Waals surface area contributed by atoms with Gasteiger partial charge < -0.3 is 10.6 Å². The molecule has 25 heavy (non-hydrogen) atoms. The fourth-order valence-corrected chi connectivity index (χ4v) is 2.44. The minimum atomic E-state index is -0.231. The zero-order valence-electron chi connectivity index (χ0n) is 14.3. The number of carbonyl (C=O) groups excluding carboxylic acids is 1. The van der Waals surface area contributed by atoms with Gasteiger partial charge in [0.05, 0.1) is 5.69 Å². The Labute approximate surface area is 147 Å². The summed E-state index contributed by atoms with van der Waals surface area (Å²) in [7, 11) is 0. The zero-order chi connectivity index (χ0) is 17.6. The minimum Gasteiger partial charge on any atom is -0.334 e. The molecule has 5 nitrogen and oxygen atoms in total. The Morgan fingerprint density at radius 3 is 2.52 bits per heavy atom. The van der Waals surface area contributed by atoms with Gasteiger partial charge in [0.2, 0.25) is 0 Å². The predicted octanol–water partition coefficient (Wildman–Crippen LogP) is 4.08. The molecule has 2 amide bonds. The number of hydrogen-bond donors (Lipinski definition) is 2. The molecule has 5 heteroatoms. The van der Waals surface area contributed by atoms with Gasteiger partial charge in [0, 0.05) is 36.4 Å². The summed E-state index contributed by atoms with van der Waals surface area (Å²) in [5.74, 6) is 0. The highest BCUT2D eigenvalue weighted by Gasteiger charge is 2.05. The molecule has 0 aliphatic carbocycles. The SMILES string of the molecule is Cc1ccc(NC(=O)NCc2ccnc(-c3ccncc3)c2)cc1C. The molecule has 0 aliphatic heterocycles. The van der Waals surface area contributed by atoms with Gasteiger partial charge >= 0.3 is 6.03 Å². The first-order chi connectivity index (χ1) is 12.1. The molecule has 0 unspecified atom stereocenters. The van der Waals surface area contributed by atoms with Crippen LogP contribution in [0.3, 0.4) is 0 Å². The molecule has 3 aromatic rings. The van der Waals surface area contributed by atoms with E-state index in [1.165, 1.54) is 5.56 Å². The second-order valence-electron chi connectivity index (χ2n) is 5.89. The number of nitrogens with one attached hydrogen (secondary N) is 2. The van der Waals surface area contributed by atoms with E-state index < -0.39 is 0 Å². The Morgan fingerprint density at radius 1 is 0.960 bits per heavy atom. The summed E-state index contributed by atoms with van der Waals surface area (Å²) >= 11 is 0. The number of hydrogen-bond acceptors (Lipinski definition) is 3. The number of urea groups is 1. The lowest BCUT2D eigenvalue weighted by Crippen LogP contribution is -2.28. The molecule has 2 heterocycles. The molecule has 0 saturated carbocycles. The van der Waals surface area contributed by atoms with Crippen molar-refractivity contribution in [1.29, 1.82) is 0 Å². The molecule has 0 spiro atoms. The lowest BCUT2D eigenvalue weighted by atomic mass is 10.1. The molecular formula is C20H20N4O. The van der Waals surface area contributed by atoms with E-state index in [0.29, 0.717) is 6.54 Å². The highest BCUT2D eigenvalue weighted by molar-refractivity contribution is 5.89. The van der Waals surface area contributed by atoms with Crippen LogP contribution < -0.4 is 10.6 Å². The van der Waals surface area contributed by atoms with Gasteiger partial charge in [0.25, 0.3) is 0 Å². The van der Waals surface area contributed by atoms with Crippen molar-refractivity contribution in [2.24, 2.45) is 0 Å². The fourth-order valence-electron chi connectivity index (χ4n) is 2.44. The van der Waals surface area contributed by atoms with Crippen molar-refractivity contribution in [3.63, 3.8) is 0 Å². The van der Waals surface area contributed by atoms with Crippen LogP contribution in [0.4, 0.5) is 10.5 Å². The van der Waals surface area contributed by atoms with E-state index in [-0.39, 0.29) is 6.03 Å². The van der Waals surface area contributed by atoms with Crippen LogP contribution in [0.1, 0.15) is 16.7 Å². The highest BCUT2D eigenvalue weighted by atomic mass is 16.2. The lowest BCUT2D eigenvalue weighted by Gasteiger charge is -2.10. The molecule has 2 aromatic heterocycles. The van der Waals surface area contributed by atoms with E-state index in [0.717, 1.165) is 28.1 Å². The summed E-state index contributed by atoms with van der Waals surface area (Å²) in [5.41, 5.74) is 5.97. The van der Waals surface area contributed by atoms with Crippen molar-refractivity contribution in [2.75, 3.05) is 5.32 Å². The number of benzene rings is 1. The summed E-state index contributed by atoms with van der Waals surface area (Å²) in [5, 5.41) is 5.72. The molecule has 3 rings (SSSR count). The monoisotopic (exact) mass is 332 g/mol. The number of aromatic nitrogens is 2. The number of aryl methyl sites for hydroxylation is 2. The van der Waals surface area contributed by atoms with Gasteiger partial charge in [-0.3, -0.25) is 9.97 Å². The van der Waals surface area contributed by atoms with Gasteiger partial charge in [0.15, 0.2) is 0 Å². The molecule has 1 aromatic carbocycles. The molecule has 0 aliphatic rings. The Bertz CT molecular complexity index is 878. The third kappa shape index (κ3) is 4.41. The van der Waals surface area contributed by atoms with Gasteiger partial charge in [-0.05, 0) is 66.9 Å². The fraction of sp³-hybridized carbons (Fsp3) is 0.150. The molecule has 126 valence electrons. The van der Waals surface area contributed by atoms with E-state index in [1.807, 2.05) is 56.3 Å². The van der Waals surface area contributed by atoms with Gasteiger partial charge in [-0.15, -0.1) is 0 Å². The second kappa shape index (κ2) is 7.57. The first-order valence-corrected chi connectivity index (χ1v) is 8.09. The normalized spacial score (nSPS) is 10.3. The number of amides is 2. The number of pyridine rings is 2. The summed E-state index contributed by atoms with van der Waals surface area (Å²) < 4.78 is 0. The van der Waals surface area contributed by atoms with Crippen molar-refractivity contribution in [3.8, 4) is 11.3 Å². The van der Waals surface area contributed by atoms with Crippen molar-refractivity contribution >= 4 is 11.7 Å². The third-order valence-electron chi connectivity index (χ3n) is 4.02. The van der Waals surface area contributed by atoms with Crippen molar-refractivity contribution in [1.82, 2.24) is 15.3 Å². The smallest absolute Gasteiger partial charge is 0.319 e. The van der Waals surface area contributed by atoms with Gasteiger partial charge in [-0.2, -0.15) is 0 Å². The lowest BCUT2D eigenvalue weighted by molar-refractivity contribution is 0.251. The first kappa shape index (κ1) is 16.6. The Hall–Kier alpha value is -3.21. The standard InChI is InChI=1S/C20H20N4O/c1-14-3-4-18(11-15(14)2)24-20(25)23-13-16-5-10-22-19(12-16)17-6-8-21-9-7-17/h3-12H,13H2,1-2H3,(H2,23,24,25). The maximum atomic E-state index is 12.1. The van der Waals surface area contributed by atoms with Crippen molar-refractivity contribution < 1.29 is 4.79 Å². The number of nitrogens with zero attached hydrogens (tertiary/aromatic N) is 2. The van der Waals surface area contributed by atoms with Crippen LogP contribution in [0, 0.1) is 13.8 Å². The van der Waals surface area contributed by atoms with Crippen LogP contribution in [0.5, 0.6) is 0 Å². The quantitative estimate of drug-likeness (QED) is 0.756. The van der Waals surface area contributed by atoms with Crippen LogP contribution in [0.2, 0.25) is 0 Å². The molecule has 0 saturated heterocycles. The van der Waals surface area contributed by atoms with Gasteiger partial charge in [0.1, 0.15) is 0 Å². The maximum Gasteiger partial charge on any atom is 0.319 e. The molecule has 0 fully saturated rings. The van der Waals surface area contributed by atoms with E-state index in [4.69, 9.17) is 0 Å². The maximum absolute atomic E-state index is 12.1.